The number of hydrogen-bond donors (Lipinski definition) is 1. The maximum Gasteiger partial charge on any atom is 0.270 e. The third-order valence-electron chi connectivity index (χ3n) is 2.21. The van der Waals surface area contributed by atoms with Gasteiger partial charge in [0.1, 0.15) is 12.2 Å². The van der Waals surface area contributed by atoms with Crippen LogP contribution in [-0.2, 0) is 0 Å². The number of carbonyl (C=O) groups is 1. The zero-order valence-corrected chi connectivity index (χ0v) is 9.53. The van der Waals surface area contributed by atoms with Crippen LogP contribution in [0.4, 0.5) is 0 Å². The van der Waals surface area contributed by atoms with Crippen molar-refractivity contribution < 1.29 is 4.79 Å². The van der Waals surface area contributed by atoms with Gasteiger partial charge < -0.3 is 5.32 Å². The van der Waals surface area contributed by atoms with Crippen molar-refractivity contribution >= 4 is 28.4 Å². The van der Waals surface area contributed by atoms with Crippen molar-refractivity contribution in [2.75, 3.05) is 6.54 Å². The summed E-state index contributed by atoms with van der Waals surface area (Å²) in [5.74, 6) is -0.367. The molecule has 0 saturated heterocycles. The van der Waals surface area contributed by atoms with Gasteiger partial charge in [-0.25, -0.2) is 4.98 Å². The number of fused-ring (bicyclic) bond motifs is 1. The normalized spacial score (nSPS) is 9.88. The summed E-state index contributed by atoms with van der Waals surface area (Å²) >= 11 is 5.85. The van der Waals surface area contributed by atoms with Gasteiger partial charge in [-0.05, 0) is 18.2 Å². The van der Waals surface area contributed by atoms with Gasteiger partial charge in [-0.3, -0.25) is 4.79 Å². The highest BCUT2D eigenvalue weighted by molar-refractivity contribution is 6.31. The van der Waals surface area contributed by atoms with Crippen LogP contribution in [0.15, 0.2) is 30.3 Å². The first-order valence-electron chi connectivity index (χ1n) is 4.92. The van der Waals surface area contributed by atoms with Gasteiger partial charge in [-0.15, -0.1) is 0 Å². The maximum atomic E-state index is 11.6. The van der Waals surface area contributed by atoms with Crippen molar-refractivity contribution in [3.8, 4) is 6.07 Å². The lowest BCUT2D eigenvalue weighted by atomic mass is 10.2. The molecule has 5 heteroatoms. The predicted octanol–water partition coefficient (Wildman–Crippen LogP) is 2.14. The molecule has 0 radical (unpaired) electrons. The number of aromatic nitrogens is 1. The van der Waals surface area contributed by atoms with Crippen LogP contribution in [0.5, 0.6) is 0 Å². The molecule has 1 aromatic carbocycles. The van der Waals surface area contributed by atoms with E-state index in [1.165, 1.54) is 0 Å². The Morgan fingerprint density at radius 2 is 2.18 bits per heavy atom. The summed E-state index contributed by atoms with van der Waals surface area (Å²) in [5, 5.41) is 12.3. The highest BCUT2D eigenvalue weighted by Crippen LogP contribution is 2.17. The molecule has 0 bridgehead atoms. The number of halogens is 1. The fourth-order valence-electron chi connectivity index (χ4n) is 1.43. The summed E-state index contributed by atoms with van der Waals surface area (Å²) in [7, 11) is 0. The van der Waals surface area contributed by atoms with Gasteiger partial charge in [0.25, 0.3) is 5.91 Å². The van der Waals surface area contributed by atoms with Crippen LogP contribution in [0.25, 0.3) is 10.9 Å². The minimum Gasteiger partial charge on any atom is -0.338 e. The van der Waals surface area contributed by atoms with E-state index in [0.29, 0.717) is 10.5 Å². The maximum absolute atomic E-state index is 11.6. The molecule has 2 rings (SSSR count). The van der Waals surface area contributed by atoms with E-state index in [1.807, 2.05) is 12.1 Å². The van der Waals surface area contributed by atoms with Crippen molar-refractivity contribution in [2.24, 2.45) is 0 Å². The molecule has 0 saturated carbocycles. The summed E-state index contributed by atoms with van der Waals surface area (Å²) in [6.07, 6.45) is 0. The molecular formula is C12H8ClN3O. The number of hydrogen-bond acceptors (Lipinski definition) is 3. The molecule has 1 N–H and O–H groups in total. The molecule has 1 heterocycles. The number of nitrogens with zero attached hydrogens (tertiary/aromatic N) is 2. The van der Waals surface area contributed by atoms with Gasteiger partial charge in [0.15, 0.2) is 0 Å². The third kappa shape index (κ3) is 2.52. The SMILES string of the molecule is N#CCNC(=O)c1ccc2ccc(Cl)cc2n1. The number of carbonyl (C=O) groups excluding carboxylic acids is 1. The topological polar surface area (TPSA) is 65.8 Å². The van der Waals surface area contributed by atoms with Crippen molar-refractivity contribution in [3.05, 3.63) is 41.0 Å². The van der Waals surface area contributed by atoms with Crippen molar-refractivity contribution in [1.82, 2.24) is 10.3 Å². The minimum absolute atomic E-state index is 0.0336. The fourth-order valence-corrected chi connectivity index (χ4v) is 1.59. The molecule has 1 amide bonds. The monoisotopic (exact) mass is 245 g/mol. The quantitative estimate of drug-likeness (QED) is 0.825. The molecule has 0 fully saturated rings. The van der Waals surface area contributed by atoms with Crippen LogP contribution in [0, 0.1) is 11.3 Å². The number of benzene rings is 1. The predicted molar refractivity (Wildman–Crippen MR) is 64.7 cm³/mol. The van der Waals surface area contributed by atoms with E-state index >= 15 is 0 Å². The van der Waals surface area contributed by atoms with Crippen LogP contribution in [0.2, 0.25) is 5.02 Å². The number of nitriles is 1. The molecule has 0 aliphatic rings. The Labute approximate surface area is 103 Å². The Morgan fingerprint density at radius 3 is 2.94 bits per heavy atom. The van der Waals surface area contributed by atoms with Gasteiger partial charge in [0.05, 0.1) is 11.6 Å². The molecule has 0 unspecified atom stereocenters. The summed E-state index contributed by atoms with van der Waals surface area (Å²) in [4.78, 5) is 15.8. The highest BCUT2D eigenvalue weighted by atomic mass is 35.5. The Morgan fingerprint density at radius 1 is 1.41 bits per heavy atom. The lowest BCUT2D eigenvalue weighted by Gasteiger charge is -2.02. The molecule has 0 aliphatic carbocycles. The van der Waals surface area contributed by atoms with Crippen molar-refractivity contribution in [2.45, 2.75) is 0 Å². The number of amides is 1. The van der Waals surface area contributed by atoms with Crippen molar-refractivity contribution in [1.29, 1.82) is 5.26 Å². The van der Waals surface area contributed by atoms with Crippen LogP contribution in [0.3, 0.4) is 0 Å². The Kier molecular flexibility index (Phi) is 3.22. The molecule has 0 atom stereocenters. The van der Waals surface area contributed by atoms with Crippen LogP contribution in [-0.4, -0.2) is 17.4 Å². The zero-order valence-electron chi connectivity index (χ0n) is 8.77. The summed E-state index contributed by atoms with van der Waals surface area (Å²) in [6, 6.07) is 10.5. The first-order valence-corrected chi connectivity index (χ1v) is 5.30. The summed E-state index contributed by atoms with van der Waals surface area (Å²) in [5.41, 5.74) is 0.928. The summed E-state index contributed by atoms with van der Waals surface area (Å²) < 4.78 is 0. The molecule has 0 spiro atoms. The van der Waals surface area contributed by atoms with E-state index in [1.54, 1.807) is 24.3 Å². The van der Waals surface area contributed by atoms with E-state index in [-0.39, 0.29) is 18.1 Å². The molecule has 84 valence electrons. The van der Waals surface area contributed by atoms with Gasteiger partial charge in [-0.2, -0.15) is 5.26 Å². The minimum atomic E-state index is -0.367. The molecule has 1 aromatic heterocycles. The number of pyridine rings is 1. The number of nitrogens with one attached hydrogen (secondary N) is 1. The van der Waals surface area contributed by atoms with Gasteiger partial charge >= 0.3 is 0 Å². The first kappa shape index (κ1) is 11.4. The first-order chi connectivity index (χ1) is 8.20. The zero-order chi connectivity index (χ0) is 12.3. The highest BCUT2D eigenvalue weighted by Gasteiger charge is 2.07. The average Bonchev–Trinajstić information content (AvgIpc) is 2.35. The second-order valence-electron chi connectivity index (χ2n) is 3.37. The molecule has 4 nitrogen and oxygen atoms in total. The Bertz CT molecular complexity index is 619. The molecular weight excluding hydrogens is 238 g/mol. The van der Waals surface area contributed by atoms with E-state index in [2.05, 4.69) is 10.3 Å². The van der Waals surface area contributed by atoms with E-state index in [4.69, 9.17) is 16.9 Å². The standard InChI is InChI=1S/C12H8ClN3O/c13-9-3-1-8-2-4-10(16-11(8)7-9)12(17)15-6-5-14/h1-4,7H,6H2,(H,15,17). The lowest BCUT2D eigenvalue weighted by Crippen LogP contribution is -2.24. The van der Waals surface area contributed by atoms with E-state index in [9.17, 15) is 4.79 Å². The third-order valence-corrected chi connectivity index (χ3v) is 2.45. The molecule has 2 aromatic rings. The Balaban J connectivity index is 2.37. The Hall–Kier alpha value is -2.12. The van der Waals surface area contributed by atoms with E-state index in [0.717, 1.165) is 5.39 Å². The van der Waals surface area contributed by atoms with Crippen LogP contribution < -0.4 is 5.32 Å². The number of rotatable bonds is 2. The second kappa shape index (κ2) is 4.81. The van der Waals surface area contributed by atoms with Gasteiger partial charge in [0.2, 0.25) is 0 Å². The van der Waals surface area contributed by atoms with Crippen LogP contribution in [0.1, 0.15) is 10.5 Å². The smallest absolute Gasteiger partial charge is 0.270 e. The van der Waals surface area contributed by atoms with Crippen molar-refractivity contribution in [3.63, 3.8) is 0 Å². The fraction of sp³-hybridized carbons (Fsp3) is 0.0833. The van der Waals surface area contributed by atoms with Gasteiger partial charge in [0, 0.05) is 10.4 Å². The lowest BCUT2D eigenvalue weighted by molar-refractivity contribution is 0.0954. The molecule has 17 heavy (non-hydrogen) atoms. The van der Waals surface area contributed by atoms with Gasteiger partial charge in [-0.1, -0.05) is 23.7 Å². The molecule has 0 aliphatic heterocycles. The largest absolute Gasteiger partial charge is 0.338 e. The summed E-state index contributed by atoms with van der Waals surface area (Å²) in [6.45, 7) is -0.0336. The average molecular weight is 246 g/mol. The van der Waals surface area contributed by atoms with Crippen LogP contribution >= 0.6 is 11.6 Å². The second-order valence-corrected chi connectivity index (χ2v) is 3.81. The van der Waals surface area contributed by atoms with E-state index < -0.39 is 0 Å².